The van der Waals surface area contributed by atoms with Crippen LogP contribution in [0.5, 0.6) is 11.5 Å². The number of benzene rings is 3. The van der Waals surface area contributed by atoms with Crippen LogP contribution in [0.1, 0.15) is 17.2 Å². The van der Waals surface area contributed by atoms with Gasteiger partial charge in [-0.1, -0.05) is 48.5 Å². The highest BCUT2D eigenvalue weighted by atomic mass is 16.7. The van der Waals surface area contributed by atoms with Crippen molar-refractivity contribution < 1.29 is 19.1 Å². The molecular formula is C24H25N3O4. The summed E-state index contributed by atoms with van der Waals surface area (Å²) in [6, 6.07) is 19.6. The Hall–Kier alpha value is -3.58. The molecule has 0 spiro atoms. The van der Waals surface area contributed by atoms with Gasteiger partial charge in [0, 0.05) is 13.1 Å². The molecule has 3 aromatic rings. The Balaban J connectivity index is 1.37. The van der Waals surface area contributed by atoms with Gasteiger partial charge in [0.15, 0.2) is 11.5 Å². The van der Waals surface area contributed by atoms with E-state index in [-0.39, 0.29) is 19.4 Å². The second-order valence-electron chi connectivity index (χ2n) is 7.63. The van der Waals surface area contributed by atoms with E-state index in [0.29, 0.717) is 18.0 Å². The minimum atomic E-state index is -0.673. The molecule has 0 fully saturated rings. The number of carbonyl (C=O) groups excluding carboxylic acids is 2. The number of likely N-dealkylation sites (N-methyl/N-ethyl adjacent to an activating group) is 1. The maximum atomic E-state index is 12.4. The van der Waals surface area contributed by atoms with Crippen LogP contribution in [-0.2, 0) is 16.1 Å². The molecule has 1 unspecified atom stereocenters. The molecule has 0 radical (unpaired) electrons. The van der Waals surface area contributed by atoms with Gasteiger partial charge in [-0.05, 0) is 48.1 Å². The molecule has 3 aromatic carbocycles. The summed E-state index contributed by atoms with van der Waals surface area (Å²) in [5.74, 6) is -0.0166. The van der Waals surface area contributed by atoms with Crippen molar-refractivity contribution in [3.63, 3.8) is 0 Å². The topological polar surface area (TPSA) is 79.9 Å². The number of fused-ring (bicyclic) bond motifs is 2. The second kappa shape index (κ2) is 9.06. The molecule has 0 aromatic heterocycles. The first-order valence-corrected chi connectivity index (χ1v) is 10.1. The van der Waals surface area contributed by atoms with Crippen molar-refractivity contribution in [2.45, 2.75) is 12.6 Å². The zero-order chi connectivity index (χ0) is 21.8. The maximum Gasteiger partial charge on any atom is 0.309 e. The lowest BCUT2D eigenvalue weighted by atomic mass is 9.98. The molecule has 1 aliphatic rings. The van der Waals surface area contributed by atoms with Crippen molar-refractivity contribution >= 4 is 22.6 Å². The van der Waals surface area contributed by atoms with Gasteiger partial charge in [0.25, 0.3) is 0 Å². The van der Waals surface area contributed by atoms with E-state index in [1.54, 1.807) is 12.1 Å². The smallest absolute Gasteiger partial charge is 0.309 e. The van der Waals surface area contributed by atoms with E-state index < -0.39 is 11.8 Å². The Labute approximate surface area is 180 Å². The highest BCUT2D eigenvalue weighted by Gasteiger charge is 2.20. The zero-order valence-electron chi connectivity index (χ0n) is 17.6. The molecule has 2 N–H and O–H groups in total. The molecule has 160 valence electrons. The Bertz CT molecular complexity index is 1110. The number of amides is 2. The van der Waals surface area contributed by atoms with Crippen LogP contribution in [0.15, 0.2) is 60.7 Å². The summed E-state index contributed by atoms with van der Waals surface area (Å²) >= 11 is 0. The van der Waals surface area contributed by atoms with E-state index in [2.05, 4.69) is 34.9 Å². The van der Waals surface area contributed by atoms with Crippen molar-refractivity contribution in [3.05, 3.63) is 71.8 Å². The van der Waals surface area contributed by atoms with Gasteiger partial charge in [0.1, 0.15) is 0 Å². The van der Waals surface area contributed by atoms with Crippen molar-refractivity contribution in [3.8, 4) is 11.5 Å². The first kappa shape index (κ1) is 20.7. The third-order valence-corrected chi connectivity index (χ3v) is 5.36. The third-order valence-electron chi connectivity index (χ3n) is 5.36. The van der Waals surface area contributed by atoms with Crippen molar-refractivity contribution in [1.82, 2.24) is 15.5 Å². The van der Waals surface area contributed by atoms with Gasteiger partial charge in [-0.25, -0.2) is 0 Å². The molecule has 0 bridgehead atoms. The summed E-state index contributed by atoms with van der Waals surface area (Å²) in [7, 11) is 3.91. The number of hydrogen-bond donors (Lipinski definition) is 2. The lowest BCUT2D eigenvalue weighted by molar-refractivity contribution is -0.139. The summed E-state index contributed by atoms with van der Waals surface area (Å²) in [6.07, 6.45) is 0. The van der Waals surface area contributed by atoms with Gasteiger partial charge in [-0.3, -0.25) is 9.59 Å². The maximum absolute atomic E-state index is 12.4. The molecular weight excluding hydrogens is 394 g/mol. The standard InChI is InChI=1S/C24H25N3O4/c1-27(2)20(19-9-5-7-17-6-3-4-8-18(17)19)14-26-24(29)23(28)25-13-16-10-11-21-22(12-16)31-15-30-21/h3-12,20H,13-15H2,1-2H3,(H,25,28)(H,26,29). The predicted octanol–water partition coefficient (Wildman–Crippen LogP) is 2.60. The van der Waals surface area contributed by atoms with Gasteiger partial charge in [-0.2, -0.15) is 0 Å². The normalized spacial score (nSPS) is 13.3. The molecule has 4 rings (SSSR count). The van der Waals surface area contributed by atoms with E-state index in [9.17, 15) is 9.59 Å². The number of rotatable bonds is 6. The van der Waals surface area contributed by atoms with E-state index in [4.69, 9.17) is 9.47 Å². The first-order valence-electron chi connectivity index (χ1n) is 10.1. The summed E-state index contributed by atoms with van der Waals surface area (Å²) < 4.78 is 10.6. The first-order chi connectivity index (χ1) is 15.0. The molecule has 0 saturated heterocycles. The van der Waals surface area contributed by atoms with Crippen LogP contribution in [-0.4, -0.2) is 44.1 Å². The molecule has 0 aliphatic carbocycles. The van der Waals surface area contributed by atoms with E-state index in [0.717, 1.165) is 21.9 Å². The average Bonchev–Trinajstić information content (AvgIpc) is 3.25. The van der Waals surface area contributed by atoms with Crippen molar-refractivity contribution in [2.24, 2.45) is 0 Å². The Morgan fingerprint density at radius 3 is 2.52 bits per heavy atom. The lowest BCUT2D eigenvalue weighted by Gasteiger charge is -2.26. The molecule has 0 saturated carbocycles. The minimum absolute atomic E-state index is 0.0725. The third kappa shape index (κ3) is 4.62. The van der Waals surface area contributed by atoms with Gasteiger partial charge < -0.3 is 25.0 Å². The zero-order valence-corrected chi connectivity index (χ0v) is 17.6. The molecule has 31 heavy (non-hydrogen) atoms. The number of carbonyl (C=O) groups is 2. The van der Waals surface area contributed by atoms with Crippen LogP contribution >= 0.6 is 0 Å². The molecule has 7 nitrogen and oxygen atoms in total. The lowest BCUT2D eigenvalue weighted by Crippen LogP contribution is -2.42. The van der Waals surface area contributed by atoms with Crippen LogP contribution in [0.2, 0.25) is 0 Å². The fourth-order valence-electron chi connectivity index (χ4n) is 3.69. The summed E-state index contributed by atoms with van der Waals surface area (Å²) in [6.45, 7) is 0.734. The van der Waals surface area contributed by atoms with Crippen LogP contribution in [0.25, 0.3) is 10.8 Å². The minimum Gasteiger partial charge on any atom is -0.454 e. The number of ether oxygens (including phenoxy) is 2. The van der Waals surface area contributed by atoms with Crippen LogP contribution in [0.4, 0.5) is 0 Å². The Kier molecular flexibility index (Phi) is 6.04. The van der Waals surface area contributed by atoms with Crippen LogP contribution < -0.4 is 20.1 Å². The van der Waals surface area contributed by atoms with Gasteiger partial charge in [-0.15, -0.1) is 0 Å². The number of nitrogens with zero attached hydrogens (tertiary/aromatic N) is 1. The fourth-order valence-corrected chi connectivity index (χ4v) is 3.69. The van der Waals surface area contributed by atoms with Crippen molar-refractivity contribution in [2.75, 3.05) is 27.4 Å². The van der Waals surface area contributed by atoms with Gasteiger partial charge >= 0.3 is 11.8 Å². The highest BCUT2D eigenvalue weighted by Crippen LogP contribution is 2.32. The van der Waals surface area contributed by atoms with E-state index >= 15 is 0 Å². The van der Waals surface area contributed by atoms with Crippen LogP contribution in [0, 0.1) is 0 Å². The largest absolute Gasteiger partial charge is 0.454 e. The quantitative estimate of drug-likeness (QED) is 0.601. The highest BCUT2D eigenvalue weighted by molar-refractivity contribution is 6.35. The monoisotopic (exact) mass is 419 g/mol. The molecule has 1 heterocycles. The van der Waals surface area contributed by atoms with Crippen LogP contribution in [0.3, 0.4) is 0 Å². The average molecular weight is 419 g/mol. The van der Waals surface area contributed by atoms with Gasteiger partial charge in [0.05, 0.1) is 6.04 Å². The molecule has 2 amide bonds. The second-order valence-corrected chi connectivity index (χ2v) is 7.63. The Morgan fingerprint density at radius 1 is 0.935 bits per heavy atom. The predicted molar refractivity (Wildman–Crippen MR) is 118 cm³/mol. The van der Waals surface area contributed by atoms with E-state index in [1.165, 1.54) is 0 Å². The number of nitrogens with one attached hydrogen (secondary N) is 2. The summed E-state index contributed by atoms with van der Waals surface area (Å²) in [4.78, 5) is 26.7. The number of hydrogen-bond acceptors (Lipinski definition) is 5. The van der Waals surface area contributed by atoms with E-state index in [1.807, 2.05) is 43.3 Å². The molecule has 7 heteroatoms. The Morgan fingerprint density at radius 2 is 1.68 bits per heavy atom. The van der Waals surface area contributed by atoms with Crippen molar-refractivity contribution in [1.29, 1.82) is 0 Å². The summed E-state index contributed by atoms with van der Waals surface area (Å²) in [5.41, 5.74) is 1.93. The van der Waals surface area contributed by atoms with Gasteiger partial charge in [0.2, 0.25) is 6.79 Å². The SMILES string of the molecule is CN(C)C(CNC(=O)C(=O)NCc1ccc2c(c1)OCO2)c1cccc2ccccc12. The summed E-state index contributed by atoms with van der Waals surface area (Å²) in [5, 5.41) is 7.69. The molecule has 1 atom stereocenters. The molecule has 1 aliphatic heterocycles. The fraction of sp³-hybridized carbons (Fsp3) is 0.250.